The fraction of sp³-hybridized carbons (Fsp3) is 0.500. The molecule has 0 amide bonds. The van der Waals surface area contributed by atoms with Gasteiger partial charge in [0, 0.05) is 4.88 Å². The molecule has 2 heteroatoms. The molecule has 0 saturated heterocycles. The predicted octanol–water partition coefficient (Wildman–Crippen LogP) is 3.25. The maximum absolute atomic E-state index is 10.4. The van der Waals surface area contributed by atoms with E-state index in [4.69, 9.17) is 0 Å². The Labute approximate surface area is 77.4 Å². The molecule has 0 unspecified atom stereocenters. The molecule has 0 atom stereocenters. The summed E-state index contributed by atoms with van der Waals surface area (Å²) in [5.41, 5.74) is 0.214. The Bertz CT molecular complexity index is 273. The van der Waals surface area contributed by atoms with Crippen LogP contribution in [0.3, 0.4) is 0 Å². The van der Waals surface area contributed by atoms with Gasteiger partial charge < -0.3 is 0 Å². The van der Waals surface area contributed by atoms with Crippen LogP contribution in [0.25, 0.3) is 0 Å². The van der Waals surface area contributed by atoms with Crippen LogP contribution in [-0.4, -0.2) is 6.29 Å². The van der Waals surface area contributed by atoms with E-state index in [-0.39, 0.29) is 5.41 Å². The zero-order chi connectivity index (χ0) is 9.19. The summed E-state index contributed by atoms with van der Waals surface area (Å²) in [7, 11) is 0. The molecule has 0 aliphatic heterocycles. The average Bonchev–Trinajstić information content (AvgIpc) is 2.52. The fourth-order valence-electron chi connectivity index (χ4n) is 0.954. The Morgan fingerprint density at radius 3 is 2.58 bits per heavy atom. The summed E-state index contributed by atoms with van der Waals surface area (Å²) in [5, 5.41) is 0. The van der Waals surface area contributed by atoms with Crippen LogP contribution in [0.2, 0.25) is 0 Å². The minimum atomic E-state index is 0.214. The van der Waals surface area contributed by atoms with Crippen molar-refractivity contribution in [3.05, 3.63) is 21.9 Å². The molecule has 66 valence electrons. The van der Waals surface area contributed by atoms with E-state index >= 15 is 0 Å². The smallest absolute Gasteiger partial charge is 0.160 e. The average molecular weight is 182 g/mol. The molecule has 0 radical (unpaired) electrons. The highest BCUT2D eigenvalue weighted by molar-refractivity contribution is 7.13. The third kappa shape index (κ3) is 1.75. The maximum atomic E-state index is 10.4. The summed E-state index contributed by atoms with van der Waals surface area (Å²) in [6.45, 7) is 6.57. The topological polar surface area (TPSA) is 17.1 Å². The highest BCUT2D eigenvalue weighted by Gasteiger charge is 2.19. The van der Waals surface area contributed by atoms with Gasteiger partial charge in [0.1, 0.15) is 0 Å². The second kappa shape index (κ2) is 3.40. The van der Waals surface area contributed by atoms with Crippen molar-refractivity contribution < 1.29 is 4.79 Å². The molecule has 0 aliphatic rings. The lowest BCUT2D eigenvalue weighted by Crippen LogP contribution is -2.12. The van der Waals surface area contributed by atoms with E-state index in [1.54, 1.807) is 11.3 Å². The monoisotopic (exact) mass is 182 g/mol. The Morgan fingerprint density at radius 2 is 2.17 bits per heavy atom. The summed E-state index contributed by atoms with van der Waals surface area (Å²) in [6.07, 6.45) is 2.02. The van der Waals surface area contributed by atoms with Crippen LogP contribution in [0.4, 0.5) is 0 Å². The minimum Gasteiger partial charge on any atom is -0.297 e. The van der Waals surface area contributed by atoms with Crippen LogP contribution < -0.4 is 0 Å². The molecular weight excluding hydrogens is 168 g/mol. The molecule has 0 spiro atoms. The van der Waals surface area contributed by atoms with Gasteiger partial charge in [-0.2, -0.15) is 0 Å². The van der Waals surface area contributed by atoms with Gasteiger partial charge in [-0.05, 0) is 24.0 Å². The lowest BCUT2D eigenvalue weighted by Gasteiger charge is -2.20. The standard InChI is InChI=1S/C10H14OS/c1-4-10(2,3)9-6-5-8(7-11)12-9/h5-7H,4H2,1-3H3. The van der Waals surface area contributed by atoms with Gasteiger partial charge in [-0.25, -0.2) is 0 Å². The van der Waals surface area contributed by atoms with E-state index < -0.39 is 0 Å². The minimum absolute atomic E-state index is 0.214. The van der Waals surface area contributed by atoms with E-state index in [0.717, 1.165) is 17.6 Å². The first-order chi connectivity index (χ1) is 5.60. The lowest BCUT2D eigenvalue weighted by atomic mass is 9.89. The van der Waals surface area contributed by atoms with Crippen LogP contribution in [0.1, 0.15) is 41.7 Å². The number of carbonyl (C=O) groups is 1. The van der Waals surface area contributed by atoms with Crippen molar-refractivity contribution in [3.63, 3.8) is 0 Å². The summed E-state index contributed by atoms with van der Waals surface area (Å²) >= 11 is 1.60. The molecule has 0 N–H and O–H groups in total. The second-order valence-electron chi connectivity index (χ2n) is 3.56. The molecular formula is C10H14OS. The van der Waals surface area contributed by atoms with Gasteiger partial charge in [-0.3, -0.25) is 4.79 Å². The molecule has 0 fully saturated rings. The van der Waals surface area contributed by atoms with Crippen molar-refractivity contribution in [1.82, 2.24) is 0 Å². The Morgan fingerprint density at radius 1 is 1.50 bits per heavy atom. The third-order valence-electron chi connectivity index (χ3n) is 2.29. The third-order valence-corrected chi connectivity index (χ3v) is 3.67. The number of carbonyl (C=O) groups excluding carboxylic acids is 1. The van der Waals surface area contributed by atoms with Crippen molar-refractivity contribution in [2.75, 3.05) is 0 Å². The van der Waals surface area contributed by atoms with Gasteiger partial charge in [-0.15, -0.1) is 11.3 Å². The number of aldehydes is 1. The molecule has 1 rings (SSSR count). The molecule has 1 aromatic heterocycles. The Kier molecular flexibility index (Phi) is 2.68. The quantitative estimate of drug-likeness (QED) is 0.656. The zero-order valence-electron chi connectivity index (χ0n) is 7.76. The first-order valence-corrected chi connectivity index (χ1v) is 4.97. The number of hydrogen-bond donors (Lipinski definition) is 0. The molecule has 0 saturated carbocycles. The molecule has 0 aromatic carbocycles. The van der Waals surface area contributed by atoms with Crippen LogP contribution in [0, 0.1) is 0 Å². The lowest BCUT2D eigenvalue weighted by molar-refractivity contribution is 0.112. The van der Waals surface area contributed by atoms with Crippen LogP contribution in [0.5, 0.6) is 0 Å². The fourth-order valence-corrected chi connectivity index (χ4v) is 1.95. The number of hydrogen-bond acceptors (Lipinski definition) is 2. The first kappa shape index (κ1) is 9.46. The van der Waals surface area contributed by atoms with Gasteiger partial charge in [0.15, 0.2) is 6.29 Å². The van der Waals surface area contributed by atoms with Crippen molar-refractivity contribution >= 4 is 17.6 Å². The molecule has 1 heterocycles. The van der Waals surface area contributed by atoms with E-state index in [1.165, 1.54) is 4.88 Å². The highest BCUT2D eigenvalue weighted by Crippen LogP contribution is 2.31. The van der Waals surface area contributed by atoms with Crippen LogP contribution in [-0.2, 0) is 5.41 Å². The summed E-state index contributed by atoms with van der Waals surface area (Å²) in [4.78, 5) is 12.6. The number of thiophene rings is 1. The van der Waals surface area contributed by atoms with Gasteiger partial charge in [0.25, 0.3) is 0 Å². The van der Waals surface area contributed by atoms with Crippen molar-refractivity contribution in [2.24, 2.45) is 0 Å². The molecule has 1 aromatic rings. The van der Waals surface area contributed by atoms with Gasteiger partial charge in [0.2, 0.25) is 0 Å². The van der Waals surface area contributed by atoms with E-state index in [9.17, 15) is 4.79 Å². The van der Waals surface area contributed by atoms with E-state index in [0.29, 0.717) is 0 Å². The Hall–Kier alpha value is -0.630. The molecule has 0 aliphatic carbocycles. The molecule has 1 nitrogen and oxygen atoms in total. The van der Waals surface area contributed by atoms with Gasteiger partial charge in [-0.1, -0.05) is 20.8 Å². The van der Waals surface area contributed by atoms with Crippen molar-refractivity contribution in [3.8, 4) is 0 Å². The van der Waals surface area contributed by atoms with Gasteiger partial charge >= 0.3 is 0 Å². The SMILES string of the molecule is CCC(C)(C)c1ccc(C=O)s1. The predicted molar refractivity (Wildman–Crippen MR) is 53.0 cm³/mol. The second-order valence-corrected chi connectivity index (χ2v) is 4.67. The van der Waals surface area contributed by atoms with E-state index in [1.807, 2.05) is 6.07 Å². The molecule has 0 bridgehead atoms. The largest absolute Gasteiger partial charge is 0.297 e. The maximum Gasteiger partial charge on any atom is 0.160 e. The summed E-state index contributed by atoms with van der Waals surface area (Å²) < 4.78 is 0. The first-order valence-electron chi connectivity index (χ1n) is 4.15. The number of rotatable bonds is 3. The zero-order valence-corrected chi connectivity index (χ0v) is 8.57. The normalized spacial score (nSPS) is 11.6. The molecule has 12 heavy (non-hydrogen) atoms. The summed E-state index contributed by atoms with van der Waals surface area (Å²) in [5.74, 6) is 0. The Balaban J connectivity index is 2.95. The van der Waals surface area contributed by atoms with Crippen LogP contribution in [0.15, 0.2) is 12.1 Å². The van der Waals surface area contributed by atoms with Crippen molar-refractivity contribution in [2.45, 2.75) is 32.6 Å². The highest BCUT2D eigenvalue weighted by atomic mass is 32.1. The van der Waals surface area contributed by atoms with E-state index in [2.05, 4.69) is 26.8 Å². The van der Waals surface area contributed by atoms with Gasteiger partial charge in [0.05, 0.1) is 4.88 Å². The summed E-state index contributed by atoms with van der Waals surface area (Å²) in [6, 6.07) is 3.95. The van der Waals surface area contributed by atoms with Crippen molar-refractivity contribution in [1.29, 1.82) is 0 Å². The van der Waals surface area contributed by atoms with Crippen LogP contribution >= 0.6 is 11.3 Å².